The van der Waals surface area contributed by atoms with E-state index in [0.717, 1.165) is 19.6 Å². The number of nitrogens with two attached hydrogens (primary N) is 1. The molecule has 0 rings (SSSR count). The third kappa shape index (κ3) is 7.31. The van der Waals surface area contributed by atoms with Crippen LogP contribution in [0.5, 0.6) is 0 Å². The molecular weight excluding hydrogens is 218 g/mol. The van der Waals surface area contributed by atoms with Crippen molar-refractivity contribution in [2.45, 2.75) is 39.3 Å². The highest BCUT2D eigenvalue weighted by Gasteiger charge is 2.16. The van der Waals surface area contributed by atoms with E-state index in [1.54, 1.807) is 7.11 Å². The van der Waals surface area contributed by atoms with Crippen LogP contribution in [0.4, 0.5) is 0 Å². The number of rotatable bonds is 9. The van der Waals surface area contributed by atoms with Gasteiger partial charge in [-0.05, 0) is 26.4 Å². The highest BCUT2D eigenvalue weighted by atomic mass is 16.5. The SMILES string of the molecule is CCN(CC)CC(C)NC(=O)C(N)CCOC. The summed E-state index contributed by atoms with van der Waals surface area (Å²) in [5.41, 5.74) is 5.74. The largest absolute Gasteiger partial charge is 0.385 e. The third-order valence-corrected chi connectivity index (χ3v) is 2.78. The number of amides is 1. The number of carbonyl (C=O) groups is 1. The molecule has 0 spiro atoms. The summed E-state index contributed by atoms with van der Waals surface area (Å²) in [5.74, 6) is -0.0956. The maximum Gasteiger partial charge on any atom is 0.237 e. The Hall–Kier alpha value is -0.650. The summed E-state index contributed by atoms with van der Waals surface area (Å²) in [6.07, 6.45) is 0.556. The van der Waals surface area contributed by atoms with Crippen molar-refractivity contribution < 1.29 is 9.53 Å². The minimum absolute atomic E-state index is 0.0956. The Morgan fingerprint density at radius 1 is 1.41 bits per heavy atom. The van der Waals surface area contributed by atoms with E-state index >= 15 is 0 Å². The highest BCUT2D eigenvalue weighted by molar-refractivity contribution is 5.81. The maximum absolute atomic E-state index is 11.7. The molecule has 0 saturated carbocycles. The second-order valence-corrected chi connectivity index (χ2v) is 4.28. The van der Waals surface area contributed by atoms with E-state index in [2.05, 4.69) is 24.1 Å². The number of hydrogen-bond donors (Lipinski definition) is 2. The average molecular weight is 245 g/mol. The molecule has 5 heteroatoms. The quantitative estimate of drug-likeness (QED) is 0.609. The monoisotopic (exact) mass is 245 g/mol. The first-order valence-corrected chi connectivity index (χ1v) is 6.32. The average Bonchev–Trinajstić information content (AvgIpc) is 2.32. The molecule has 0 aliphatic heterocycles. The fraction of sp³-hybridized carbons (Fsp3) is 0.917. The fourth-order valence-corrected chi connectivity index (χ4v) is 1.64. The van der Waals surface area contributed by atoms with E-state index in [4.69, 9.17) is 10.5 Å². The molecule has 2 unspecified atom stereocenters. The van der Waals surface area contributed by atoms with Gasteiger partial charge in [0.05, 0.1) is 6.04 Å². The smallest absolute Gasteiger partial charge is 0.237 e. The van der Waals surface area contributed by atoms with E-state index in [9.17, 15) is 4.79 Å². The second-order valence-electron chi connectivity index (χ2n) is 4.28. The predicted octanol–water partition coefficient (Wildman–Crippen LogP) is 0.197. The summed E-state index contributed by atoms with van der Waals surface area (Å²) in [7, 11) is 1.60. The van der Waals surface area contributed by atoms with Gasteiger partial charge in [-0.25, -0.2) is 0 Å². The van der Waals surface area contributed by atoms with Gasteiger partial charge in [-0.15, -0.1) is 0 Å². The van der Waals surface area contributed by atoms with Crippen LogP contribution < -0.4 is 11.1 Å². The van der Waals surface area contributed by atoms with Gasteiger partial charge < -0.3 is 20.7 Å². The minimum Gasteiger partial charge on any atom is -0.385 e. The molecular formula is C12H27N3O2. The summed E-state index contributed by atoms with van der Waals surface area (Å²) in [5, 5.41) is 2.93. The van der Waals surface area contributed by atoms with Crippen molar-refractivity contribution in [3.05, 3.63) is 0 Å². The van der Waals surface area contributed by atoms with Gasteiger partial charge in [0.25, 0.3) is 0 Å². The van der Waals surface area contributed by atoms with Gasteiger partial charge in [0, 0.05) is 26.3 Å². The van der Waals surface area contributed by atoms with Crippen LogP contribution in [0, 0.1) is 0 Å². The number of carbonyl (C=O) groups excluding carboxylic acids is 1. The minimum atomic E-state index is -0.478. The van der Waals surface area contributed by atoms with Crippen molar-refractivity contribution in [1.82, 2.24) is 10.2 Å². The van der Waals surface area contributed by atoms with Gasteiger partial charge in [0.2, 0.25) is 5.91 Å². The summed E-state index contributed by atoms with van der Waals surface area (Å²) in [6.45, 7) is 9.58. The lowest BCUT2D eigenvalue weighted by Gasteiger charge is -2.24. The van der Waals surface area contributed by atoms with Gasteiger partial charge in [0.15, 0.2) is 0 Å². The Morgan fingerprint density at radius 2 is 2.00 bits per heavy atom. The molecule has 0 aliphatic carbocycles. The molecule has 0 bridgehead atoms. The van der Waals surface area contributed by atoms with Crippen LogP contribution >= 0.6 is 0 Å². The van der Waals surface area contributed by atoms with Crippen LogP contribution in [0.15, 0.2) is 0 Å². The van der Waals surface area contributed by atoms with Gasteiger partial charge in [-0.3, -0.25) is 4.79 Å². The van der Waals surface area contributed by atoms with Gasteiger partial charge >= 0.3 is 0 Å². The molecule has 0 aromatic heterocycles. The molecule has 0 aromatic rings. The summed E-state index contributed by atoms with van der Waals surface area (Å²) in [6, 6.07) is -0.356. The number of ether oxygens (including phenoxy) is 1. The van der Waals surface area contributed by atoms with Crippen LogP contribution in [0.2, 0.25) is 0 Å². The zero-order valence-electron chi connectivity index (χ0n) is 11.5. The first kappa shape index (κ1) is 16.4. The Kier molecular flexibility index (Phi) is 9.03. The molecule has 0 aliphatic rings. The van der Waals surface area contributed by atoms with Gasteiger partial charge in [-0.2, -0.15) is 0 Å². The number of nitrogens with zero attached hydrogens (tertiary/aromatic N) is 1. The summed E-state index contributed by atoms with van der Waals surface area (Å²) >= 11 is 0. The van der Waals surface area contributed by atoms with Crippen molar-refractivity contribution in [2.75, 3.05) is 33.4 Å². The Bertz CT molecular complexity index is 208. The number of likely N-dealkylation sites (N-methyl/N-ethyl adjacent to an activating group) is 1. The molecule has 17 heavy (non-hydrogen) atoms. The normalized spacial score (nSPS) is 14.7. The molecule has 0 aromatic carbocycles. The zero-order chi connectivity index (χ0) is 13.3. The van der Waals surface area contributed by atoms with E-state index in [1.165, 1.54) is 0 Å². The molecule has 3 N–H and O–H groups in total. The lowest BCUT2D eigenvalue weighted by atomic mass is 10.2. The van der Waals surface area contributed by atoms with Crippen molar-refractivity contribution >= 4 is 5.91 Å². The molecule has 0 heterocycles. The number of hydrogen-bond acceptors (Lipinski definition) is 4. The number of nitrogens with one attached hydrogen (secondary N) is 1. The van der Waals surface area contributed by atoms with Crippen LogP contribution in [-0.2, 0) is 9.53 Å². The summed E-state index contributed by atoms with van der Waals surface area (Å²) in [4.78, 5) is 14.0. The molecule has 1 amide bonds. The van der Waals surface area contributed by atoms with E-state index < -0.39 is 6.04 Å². The second kappa shape index (κ2) is 9.39. The lowest BCUT2D eigenvalue weighted by Crippen LogP contribution is -2.48. The molecule has 0 fully saturated rings. The van der Waals surface area contributed by atoms with Crippen molar-refractivity contribution in [3.8, 4) is 0 Å². The zero-order valence-corrected chi connectivity index (χ0v) is 11.5. The maximum atomic E-state index is 11.7. The molecule has 102 valence electrons. The van der Waals surface area contributed by atoms with Crippen LogP contribution in [0.3, 0.4) is 0 Å². The predicted molar refractivity (Wildman–Crippen MR) is 69.9 cm³/mol. The van der Waals surface area contributed by atoms with Crippen LogP contribution in [0.25, 0.3) is 0 Å². The van der Waals surface area contributed by atoms with Crippen molar-refractivity contribution in [3.63, 3.8) is 0 Å². The third-order valence-electron chi connectivity index (χ3n) is 2.78. The van der Waals surface area contributed by atoms with E-state index in [0.29, 0.717) is 13.0 Å². The Balaban J connectivity index is 3.93. The Labute approximate surface area is 105 Å². The highest BCUT2D eigenvalue weighted by Crippen LogP contribution is 1.94. The fourth-order valence-electron chi connectivity index (χ4n) is 1.64. The van der Waals surface area contributed by atoms with Crippen molar-refractivity contribution in [2.24, 2.45) is 5.73 Å². The van der Waals surface area contributed by atoms with E-state index in [-0.39, 0.29) is 11.9 Å². The molecule has 0 saturated heterocycles. The first-order valence-electron chi connectivity index (χ1n) is 6.32. The first-order chi connectivity index (χ1) is 8.04. The standard InChI is InChI=1S/C12H27N3O2/c1-5-15(6-2)9-10(3)14-12(16)11(13)7-8-17-4/h10-11H,5-9,13H2,1-4H3,(H,14,16). The van der Waals surface area contributed by atoms with Crippen LogP contribution in [0.1, 0.15) is 27.2 Å². The van der Waals surface area contributed by atoms with E-state index in [1.807, 2.05) is 6.92 Å². The van der Waals surface area contributed by atoms with Gasteiger partial charge in [-0.1, -0.05) is 13.8 Å². The Morgan fingerprint density at radius 3 is 2.47 bits per heavy atom. The molecule has 5 nitrogen and oxygen atoms in total. The van der Waals surface area contributed by atoms with Crippen molar-refractivity contribution in [1.29, 1.82) is 0 Å². The summed E-state index contributed by atoms with van der Waals surface area (Å²) < 4.78 is 4.90. The number of methoxy groups -OCH3 is 1. The van der Waals surface area contributed by atoms with Crippen LogP contribution in [-0.4, -0.2) is 56.2 Å². The topological polar surface area (TPSA) is 67.6 Å². The van der Waals surface area contributed by atoms with Gasteiger partial charge in [0.1, 0.15) is 0 Å². The molecule has 0 radical (unpaired) electrons. The molecule has 2 atom stereocenters. The lowest BCUT2D eigenvalue weighted by molar-refractivity contribution is -0.123.